The molecule has 320 valence electrons. The van der Waals surface area contributed by atoms with E-state index in [4.69, 9.17) is 28.5 Å². The molecule has 0 spiro atoms. The maximum absolute atomic E-state index is 16.6. The molecular weight excluding hydrogens is 796 g/mol. The molecule has 2 N–H and O–H groups in total. The van der Waals surface area contributed by atoms with Crippen LogP contribution in [0, 0.1) is 11.7 Å². The van der Waals surface area contributed by atoms with E-state index in [0.29, 0.717) is 47.9 Å². The van der Waals surface area contributed by atoms with Crippen molar-refractivity contribution in [1.82, 2.24) is 24.8 Å². The van der Waals surface area contributed by atoms with E-state index in [1.807, 2.05) is 70.8 Å². The maximum Gasteiger partial charge on any atom is 0.495 e. The number of imidazole rings is 1. The first-order chi connectivity index (χ1) is 29.2. The van der Waals surface area contributed by atoms with Crippen LogP contribution in [0.25, 0.3) is 33.4 Å². The van der Waals surface area contributed by atoms with Gasteiger partial charge in [-0.05, 0) is 140 Å². The lowest BCUT2D eigenvalue weighted by atomic mass is 9.78. The van der Waals surface area contributed by atoms with E-state index in [9.17, 15) is 9.59 Å². The molecule has 61 heavy (non-hydrogen) atoms. The molecule has 7 heterocycles. The van der Waals surface area contributed by atoms with Gasteiger partial charge < -0.3 is 38.7 Å². The Morgan fingerprint density at radius 1 is 1.00 bits per heavy atom. The van der Waals surface area contributed by atoms with Crippen molar-refractivity contribution in [2.24, 2.45) is 5.92 Å². The van der Waals surface area contributed by atoms with Crippen molar-refractivity contribution in [3.8, 4) is 28.3 Å². The second kappa shape index (κ2) is 15.0. The van der Waals surface area contributed by atoms with Gasteiger partial charge in [0.05, 0.1) is 70.1 Å². The van der Waals surface area contributed by atoms with E-state index in [2.05, 4.69) is 39.1 Å². The minimum Gasteiger partial charge on any atom is -0.464 e. The molecule has 15 heteroatoms. The van der Waals surface area contributed by atoms with Crippen molar-refractivity contribution in [3.05, 3.63) is 76.1 Å². The third-order valence-corrected chi connectivity index (χ3v) is 15.0. The number of benzene rings is 2. The standard InChI is InChI=1S/C46H53BFN5O7S/c1-24-17-29(18-25(2)57-24)40(51-44(55)56-7)42(54)52-16-8-9-34(52)41-49-23-32(50-41)27-12-13-33-28(19-27)20-35-39-31(48)21-30(47-59-45(3,4)46(5,6)60-47)22-36(39)58-43(53(33)35)38-15-14-37(61-38)26-10-11-26/h12-15,19-26,29,34,40,43H,8-11,16-18H2,1-7H3,(H,49,50)(H,51,55)/t24-,25+,29?,34-,40+,43?/m1/s1. The van der Waals surface area contributed by atoms with Crippen molar-refractivity contribution in [1.29, 1.82) is 0 Å². The van der Waals surface area contributed by atoms with Gasteiger partial charge >= 0.3 is 13.2 Å². The summed E-state index contributed by atoms with van der Waals surface area (Å²) in [5, 5.41) is 3.79. The number of halogens is 1. The van der Waals surface area contributed by atoms with Crippen LogP contribution >= 0.6 is 11.3 Å². The van der Waals surface area contributed by atoms with Crippen molar-refractivity contribution in [3.63, 3.8) is 0 Å². The van der Waals surface area contributed by atoms with Crippen LogP contribution in [0.15, 0.2) is 54.7 Å². The number of carbonyl (C=O) groups excluding carboxylic acids is 2. The van der Waals surface area contributed by atoms with E-state index in [0.717, 1.165) is 45.6 Å². The predicted molar refractivity (Wildman–Crippen MR) is 231 cm³/mol. The lowest BCUT2D eigenvalue weighted by Gasteiger charge is -2.38. The van der Waals surface area contributed by atoms with Gasteiger partial charge in [0.25, 0.3) is 0 Å². The molecule has 4 aliphatic heterocycles. The molecule has 5 aliphatic rings. The lowest BCUT2D eigenvalue weighted by Crippen LogP contribution is -2.54. The van der Waals surface area contributed by atoms with Gasteiger partial charge in [0, 0.05) is 22.4 Å². The van der Waals surface area contributed by atoms with E-state index in [-0.39, 0.29) is 30.1 Å². The highest BCUT2D eigenvalue weighted by atomic mass is 32.1. The summed E-state index contributed by atoms with van der Waals surface area (Å²) >= 11 is 1.76. The summed E-state index contributed by atoms with van der Waals surface area (Å²) < 4.78 is 49.1. The molecule has 6 atom stereocenters. The van der Waals surface area contributed by atoms with Crippen LogP contribution in [0.5, 0.6) is 5.75 Å². The van der Waals surface area contributed by atoms with Crippen molar-refractivity contribution in [2.45, 2.75) is 128 Å². The number of hydrogen-bond acceptors (Lipinski definition) is 9. The Hall–Kier alpha value is -4.70. The number of likely N-dealkylation sites (tertiary alicyclic amines) is 1. The summed E-state index contributed by atoms with van der Waals surface area (Å²) in [5.41, 5.74) is 3.17. The highest BCUT2D eigenvalue weighted by Crippen LogP contribution is 2.50. The highest BCUT2D eigenvalue weighted by molar-refractivity contribution is 7.12. The number of aromatic nitrogens is 3. The molecule has 0 radical (unpaired) electrons. The van der Waals surface area contributed by atoms with Crippen LogP contribution < -0.4 is 15.5 Å². The zero-order valence-electron chi connectivity index (χ0n) is 35.8. The van der Waals surface area contributed by atoms with E-state index in [1.54, 1.807) is 11.3 Å². The predicted octanol–water partition coefficient (Wildman–Crippen LogP) is 8.61. The Kier molecular flexibility index (Phi) is 9.92. The van der Waals surface area contributed by atoms with Gasteiger partial charge in [0.2, 0.25) is 12.1 Å². The number of nitrogens with one attached hydrogen (secondary N) is 2. The Morgan fingerprint density at radius 2 is 1.74 bits per heavy atom. The fourth-order valence-corrected chi connectivity index (χ4v) is 11.0. The van der Waals surface area contributed by atoms with Gasteiger partial charge in [-0.3, -0.25) is 9.36 Å². The zero-order valence-corrected chi connectivity index (χ0v) is 36.6. The monoisotopic (exact) mass is 849 g/mol. The maximum atomic E-state index is 16.6. The molecule has 10 rings (SSSR count). The molecule has 3 saturated heterocycles. The first-order valence-corrected chi connectivity index (χ1v) is 22.5. The fraction of sp³-hybridized carbons (Fsp3) is 0.500. The van der Waals surface area contributed by atoms with E-state index < -0.39 is 42.5 Å². The SMILES string of the molecule is COC(=O)N[C@H](C(=O)N1CCC[C@@H]1c1ncc(-c2ccc3c(c2)cc2n3C(c3ccc(C4CC4)s3)Oc3cc(B4OC(C)(C)C(C)(C)O4)cc(F)c3-2)[nH]1)C1C[C@@H](C)O[C@@H](C)C1. The number of methoxy groups -OCH3 is 1. The van der Waals surface area contributed by atoms with Gasteiger partial charge in [0.15, 0.2) is 0 Å². The van der Waals surface area contributed by atoms with Gasteiger partial charge in [-0.1, -0.05) is 6.07 Å². The zero-order chi connectivity index (χ0) is 42.5. The van der Waals surface area contributed by atoms with Crippen LogP contribution in [-0.2, 0) is 23.6 Å². The second-order valence-electron chi connectivity index (χ2n) is 18.6. The highest BCUT2D eigenvalue weighted by Gasteiger charge is 2.52. The Bertz CT molecular complexity index is 2500. The van der Waals surface area contributed by atoms with Crippen LogP contribution in [-0.4, -0.2) is 81.7 Å². The van der Waals surface area contributed by atoms with E-state index >= 15 is 4.39 Å². The largest absolute Gasteiger partial charge is 0.495 e. The molecule has 5 aromatic rings. The summed E-state index contributed by atoms with van der Waals surface area (Å²) in [6.45, 7) is 12.5. The van der Waals surface area contributed by atoms with Gasteiger partial charge in [0.1, 0.15) is 23.4 Å². The van der Waals surface area contributed by atoms with Crippen molar-refractivity contribution in [2.75, 3.05) is 13.7 Å². The lowest BCUT2D eigenvalue weighted by molar-refractivity contribution is -0.138. The number of alkyl carbamates (subject to hydrolysis) is 1. The van der Waals surface area contributed by atoms with Gasteiger partial charge in [-0.25, -0.2) is 14.2 Å². The van der Waals surface area contributed by atoms with Crippen molar-refractivity contribution >= 4 is 46.8 Å². The average Bonchev–Trinajstić information content (AvgIpc) is 3.67. The molecule has 12 nitrogen and oxygen atoms in total. The molecule has 2 amide bonds. The number of fused-ring (bicyclic) bond motifs is 5. The number of amides is 2. The number of hydrogen-bond donors (Lipinski definition) is 2. The van der Waals surface area contributed by atoms with Crippen LogP contribution in [0.2, 0.25) is 0 Å². The van der Waals surface area contributed by atoms with Crippen LogP contribution in [0.4, 0.5) is 9.18 Å². The topological polar surface area (TPSA) is 129 Å². The van der Waals surface area contributed by atoms with Gasteiger partial charge in [-0.15, -0.1) is 11.3 Å². The summed E-state index contributed by atoms with van der Waals surface area (Å²) in [6.07, 6.45) is 5.87. The average molecular weight is 850 g/mol. The van der Waals surface area contributed by atoms with Crippen LogP contribution in [0.3, 0.4) is 0 Å². The Morgan fingerprint density at radius 3 is 2.46 bits per heavy atom. The number of aromatic amines is 1. The molecule has 0 bridgehead atoms. The smallest absolute Gasteiger partial charge is 0.464 e. The number of rotatable bonds is 8. The first-order valence-electron chi connectivity index (χ1n) is 21.6. The van der Waals surface area contributed by atoms with Gasteiger partial charge in [-0.2, -0.15) is 0 Å². The number of H-pyrrole nitrogens is 1. The summed E-state index contributed by atoms with van der Waals surface area (Å²) in [6, 6.07) is 15.0. The normalized spacial score (nSPS) is 25.9. The third kappa shape index (κ3) is 7.14. The molecule has 2 aromatic carbocycles. The minimum atomic E-state index is -0.743. The first kappa shape index (κ1) is 40.4. The summed E-state index contributed by atoms with van der Waals surface area (Å²) in [7, 11) is 0.573. The molecule has 1 aliphatic carbocycles. The fourth-order valence-electron chi connectivity index (χ4n) is 9.80. The Balaban J connectivity index is 0.976. The molecule has 4 fully saturated rings. The molecule has 1 saturated carbocycles. The number of nitrogens with zero attached hydrogens (tertiary/aromatic N) is 3. The van der Waals surface area contributed by atoms with E-state index in [1.165, 1.54) is 30.9 Å². The quantitative estimate of drug-likeness (QED) is 0.149. The van der Waals surface area contributed by atoms with Crippen LogP contribution in [0.1, 0.15) is 114 Å². The van der Waals surface area contributed by atoms with Crippen molar-refractivity contribution < 1.29 is 37.5 Å². The summed E-state index contributed by atoms with van der Waals surface area (Å²) in [5.74, 6) is 1.09. The molecule has 2 unspecified atom stereocenters. The Labute approximate surface area is 359 Å². The second-order valence-corrected chi connectivity index (χ2v) is 19.7. The third-order valence-electron chi connectivity index (χ3n) is 13.7. The number of ether oxygens (including phenoxy) is 3. The number of thiophene rings is 1. The minimum absolute atomic E-state index is 0.0300. The summed E-state index contributed by atoms with van der Waals surface area (Å²) in [4.78, 5) is 39.5. The molecular formula is C46H53BFN5O7S. The number of carbonyl (C=O) groups is 2. The molecule has 3 aromatic heterocycles.